The van der Waals surface area contributed by atoms with Gasteiger partial charge in [0.15, 0.2) is 6.20 Å². The van der Waals surface area contributed by atoms with Crippen LogP contribution in [0.25, 0.3) is 0 Å². The molecular formula is C10H16N4O3. The fourth-order valence-electron chi connectivity index (χ4n) is 1.19. The Morgan fingerprint density at radius 3 is 2.82 bits per heavy atom. The second-order valence-electron chi connectivity index (χ2n) is 3.33. The average Bonchev–Trinajstić information content (AvgIpc) is 2.34. The molecular weight excluding hydrogens is 224 g/mol. The van der Waals surface area contributed by atoms with E-state index in [0.29, 0.717) is 6.61 Å². The van der Waals surface area contributed by atoms with Gasteiger partial charge in [-0.2, -0.15) is 0 Å². The molecule has 0 aliphatic rings. The minimum absolute atomic E-state index is 0.145. The Kier molecular flexibility index (Phi) is 5.91. The van der Waals surface area contributed by atoms with Crippen LogP contribution in [-0.4, -0.2) is 43.3 Å². The van der Waals surface area contributed by atoms with Crippen LogP contribution in [-0.2, 0) is 4.74 Å². The third kappa shape index (κ3) is 5.23. The van der Waals surface area contributed by atoms with E-state index in [4.69, 9.17) is 4.74 Å². The first-order chi connectivity index (χ1) is 8.24. The number of nitrogens with one attached hydrogen (secondary N) is 2. The van der Waals surface area contributed by atoms with Gasteiger partial charge < -0.3 is 25.5 Å². The van der Waals surface area contributed by atoms with Gasteiger partial charge in [-0.25, -0.2) is 0 Å². The van der Waals surface area contributed by atoms with Gasteiger partial charge in [0.2, 0.25) is 0 Å². The molecule has 0 saturated carbocycles. The quantitative estimate of drug-likeness (QED) is 0.394. The summed E-state index contributed by atoms with van der Waals surface area (Å²) in [5.41, 5.74) is 0.768. The van der Waals surface area contributed by atoms with Crippen LogP contribution in [0, 0.1) is 10.1 Å². The molecule has 7 heteroatoms. The van der Waals surface area contributed by atoms with Gasteiger partial charge in [-0.05, 0) is 16.0 Å². The largest absolute Gasteiger partial charge is 0.383 e. The first-order valence-electron chi connectivity index (χ1n) is 5.28. The highest BCUT2D eigenvalue weighted by Crippen LogP contribution is 2.10. The van der Waals surface area contributed by atoms with Gasteiger partial charge in [-0.1, -0.05) is 0 Å². The number of methoxy groups -OCH3 is 1. The number of rotatable bonds is 8. The topological polar surface area (TPSA) is 89.3 Å². The molecule has 1 heterocycles. The predicted molar refractivity (Wildman–Crippen MR) is 64.1 cm³/mol. The molecule has 0 amide bonds. The monoisotopic (exact) mass is 240 g/mol. The van der Waals surface area contributed by atoms with Crippen molar-refractivity contribution in [2.24, 2.45) is 0 Å². The zero-order valence-corrected chi connectivity index (χ0v) is 9.68. The maximum absolute atomic E-state index is 10.4. The molecule has 1 aromatic rings. The van der Waals surface area contributed by atoms with E-state index in [-0.39, 0.29) is 5.82 Å². The average molecular weight is 240 g/mol. The van der Waals surface area contributed by atoms with Gasteiger partial charge in [0.25, 0.3) is 0 Å². The van der Waals surface area contributed by atoms with E-state index in [0.717, 1.165) is 25.3 Å². The third-order valence-corrected chi connectivity index (χ3v) is 2.05. The summed E-state index contributed by atoms with van der Waals surface area (Å²) >= 11 is 0. The lowest BCUT2D eigenvalue weighted by Gasteiger charge is -2.05. The van der Waals surface area contributed by atoms with Gasteiger partial charge in [0.05, 0.1) is 12.3 Å². The molecule has 1 aromatic heterocycles. The fraction of sp³-hybridized carbons (Fsp3) is 0.500. The molecule has 1 rings (SSSR count). The summed E-state index contributed by atoms with van der Waals surface area (Å²) in [5.74, 6) is -0.145. The van der Waals surface area contributed by atoms with E-state index >= 15 is 0 Å². The van der Waals surface area contributed by atoms with E-state index < -0.39 is 4.92 Å². The van der Waals surface area contributed by atoms with Crippen LogP contribution in [0.2, 0.25) is 0 Å². The minimum Gasteiger partial charge on any atom is -0.383 e. The number of hydrogen-bond donors (Lipinski definition) is 2. The Morgan fingerprint density at radius 2 is 2.24 bits per heavy atom. The highest BCUT2D eigenvalue weighted by molar-refractivity contribution is 5.43. The molecule has 0 aliphatic carbocycles. The van der Waals surface area contributed by atoms with Crippen LogP contribution in [0.15, 0.2) is 18.3 Å². The van der Waals surface area contributed by atoms with E-state index in [9.17, 15) is 10.1 Å². The maximum atomic E-state index is 10.4. The van der Waals surface area contributed by atoms with Crippen LogP contribution in [0.5, 0.6) is 0 Å². The smallest absolute Gasteiger partial charge is 0.363 e. The Morgan fingerprint density at radius 1 is 1.41 bits per heavy atom. The van der Waals surface area contributed by atoms with Crippen LogP contribution < -0.4 is 10.6 Å². The van der Waals surface area contributed by atoms with Crippen LogP contribution in [0.4, 0.5) is 11.5 Å². The zero-order chi connectivity index (χ0) is 12.5. The molecule has 0 radical (unpaired) electrons. The van der Waals surface area contributed by atoms with Crippen LogP contribution >= 0.6 is 0 Å². The van der Waals surface area contributed by atoms with Crippen molar-refractivity contribution >= 4 is 11.5 Å². The molecule has 2 N–H and O–H groups in total. The Labute approximate surface area is 99.3 Å². The molecule has 0 unspecified atom stereocenters. The van der Waals surface area contributed by atoms with Gasteiger partial charge in [-0.3, -0.25) is 0 Å². The first kappa shape index (κ1) is 13.3. The zero-order valence-electron chi connectivity index (χ0n) is 9.68. The van der Waals surface area contributed by atoms with Crippen molar-refractivity contribution < 1.29 is 9.66 Å². The van der Waals surface area contributed by atoms with Crippen molar-refractivity contribution in [3.05, 3.63) is 28.4 Å². The molecule has 0 atom stereocenters. The number of nitro groups is 1. The molecule has 0 fully saturated rings. The number of nitrogens with zero attached hydrogens (tertiary/aromatic N) is 2. The Hall–Kier alpha value is -1.73. The SMILES string of the molecule is COCCNCCNc1ccc([N+](=O)[O-])nc1. The van der Waals surface area contributed by atoms with Crippen molar-refractivity contribution in [3.63, 3.8) is 0 Å². The molecule has 0 aromatic carbocycles. The number of hydrogen-bond acceptors (Lipinski definition) is 6. The van der Waals surface area contributed by atoms with Crippen molar-refractivity contribution in [1.82, 2.24) is 10.3 Å². The van der Waals surface area contributed by atoms with Crippen LogP contribution in [0.3, 0.4) is 0 Å². The highest BCUT2D eigenvalue weighted by Gasteiger charge is 2.05. The summed E-state index contributed by atoms with van der Waals surface area (Å²) in [6.45, 7) is 3.00. The normalized spacial score (nSPS) is 10.2. The summed E-state index contributed by atoms with van der Waals surface area (Å²) in [4.78, 5) is 13.6. The number of ether oxygens (including phenoxy) is 1. The molecule has 0 spiro atoms. The minimum atomic E-state index is -0.518. The molecule has 0 aliphatic heterocycles. The molecule has 0 bridgehead atoms. The first-order valence-corrected chi connectivity index (χ1v) is 5.28. The second kappa shape index (κ2) is 7.53. The number of pyridine rings is 1. The van der Waals surface area contributed by atoms with Crippen molar-refractivity contribution in [3.8, 4) is 0 Å². The third-order valence-electron chi connectivity index (χ3n) is 2.05. The Bertz CT molecular complexity index is 342. The van der Waals surface area contributed by atoms with E-state index in [1.807, 2.05) is 0 Å². The summed E-state index contributed by atoms with van der Waals surface area (Å²) < 4.78 is 4.89. The molecule has 0 saturated heterocycles. The number of anilines is 1. The summed E-state index contributed by atoms with van der Waals surface area (Å²) in [6.07, 6.45) is 1.45. The van der Waals surface area contributed by atoms with Crippen LogP contribution in [0.1, 0.15) is 0 Å². The Balaban J connectivity index is 2.21. The van der Waals surface area contributed by atoms with E-state index in [1.54, 1.807) is 13.2 Å². The highest BCUT2D eigenvalue weighted by atomic mass is 16.6. The second-order valence-corrected chi connectivity index (χ2v) is 3.33. The summed E-state index contributed by atoms with van der Waals surface area (Å²) in [6, 6.07) is 3.01. The van der Waals surface area contributed by atoms with Gasteiger partial charge >= 0.3 is 5.82 Å². The predicted octanol–water partition coefficient (Wildman–Crippen LogP) is 0.638. The lowest BCUT2D eigenvalue weighted by atomic mass is 10.4. The maximum Gasteiger partial charge on any atom is 0.363 e. The van der Waals surface area contributed by atoms with Crippen molar-refractivity contribution in [1.29, 1.82) is 0 Å². The lowest BCUT2D eigenvalue weighted by molar-refractivity contribution is -0.389. The van der Waals surface area contributed by atoms with E-state index in [1.165, 1.54) is 12.3 Å². The molecule has 7 nitrogen and oxygen atoms in total. The van der Waals surface area contributed by atoms with Gasteiger partial charge in [-0.15, -0.1) is 0 Å². The van der Waals surface area contributed by atoms with E-state index in [2.05, 4.69) is 15.6 Å². The number of aromatic nitrogens is 1. The standard InChI is InChI=1S/C10H16N4O3/c1-17-7-6-11-4-5-12-9-2-3-10(13-8-9)14(15)16/h2-3,8,11-12H,4-7H2,1H3. The van der Waals surface area contributed by atoms with Gasteiger partial charge in [0, 0.05) is 32.8 Å². The molecule has 17 heavy (non-hydrogen) atoms. The van der Waals surface area contributed by atoms with Crippen molar-refractivity contribution in [2.45, 2.75) is 0 Å². The fourth-order valence-corrected chi connectivity index (χ4v) is 1.19. The summed E-state index contributed by atoms with van der Waals surface area (Å²) in [7, 11) is 1.66. The lowest BCUT2D eigenvalue weighted by Crippen LogP contribution is -2.25. The van der Waals surface area contributed by atoms with Crippen molar-refractivity contribution in [2.75, 3.05) is 38.7 Å². The van der Waals surface area contributed by atoms with Gasteiger partial charge in [0.1, 0.15) is 0 Å². The molecule has 94 valence electrons. The summed E-state index contributed by atoms with van der Waals surface area (Å²) in [5, 5.41) is 16.6.